The second-order valence-corrected chi connectivity index (χ2v) is 8.91. The number of nitrogens with zero attached hydrogens (tertiary/aromatic N) is 2. The second kappa shape index (κ2) is 11.0. The molecule has 2 heterocycles. The van der Waals surface area contributed by atoms with Crippen molar-refractivity contribution in [3.8, 4) is 51.2 Å². The molecule has 0 saturated carbocycles. The maximum absolute atomic E-state index is 11.8. The summed E-state index contributed by atoms with van der Waals surface area (Å²) in [6, 6.07) is 17.0. The summed E-state index contributed by atoms with van der Waals surface area (Å²) in [5.41, 5.74) is 3.48. The Kier molecular flexibility index (Phi) is 7.57. The lowest BCUT2D eigenvalue weighted by Crippen LogP contribution is -2.32. The predicted octanol–water partition coefficient (Wildman–Crippen LogP) is 5.91. The third-order valence-corrected chi connectivity index (χ3v) is 5.78. The molecule has 0 aliphatic heterocycles. The Balaban J connectivity index is 1.47. The van der Waals surface area contributed by atoms with E-state index in [1.807, 2.05) is 54.6 Å². The molecular formula is C29H29N3O5. The fourth-order valence-corrected chi connectivity index (χ4v) is 3.70. The minimum atomic E-state index is -0.732. The monoisotopic (exact) mass is 499 g/mol. The molecule has 2 aromatic carbocycles. The van der Waals surface area contributed by atoms with Crippen LogP contribution in [0.5, 0.6) is 17.2 Å². The number of benzene rings is 2. The first-order chi connectivity index (χ1) is 17.8. The highest BCUT2D eigenvalue weighted by molar-refractivity contribution is 5.76. The molecule has 0 spiro atoms. The SMILES string of the molecule is C=COc1ccc(OC)c(-c2cnc(-c3ccc(-c4ccc(OCC(C)(C)C(=O)OC)cc4)nc3)[nH]2)c1. The van der Waals surface area contributed by atoms with Crippen LogP contribution in [-0.2, 0) is 9.53 Å². The maximum Gasteiger partial charge on any atom is 0.314 e. The van der Waals surface area contributed by atoms with Gasteiger partial charge in [0.25, 0.3) is 0 Å². The van der Waals surface area contributed by atoms with Crippen LogP contribution >= 0.6 is 0 Å². The van der Waals surface area contributed by atoms with Crippen LogP contribution in [0.3, 0.4) is 0 Å². The zero-order chi connectivity index (χ0) is 26.4. The molecule has 0 atom stereocenters. The molecule has 2 aromatic heterocycles. The number of rotatable bonds is 10. The molecule has 4 rings (SSSR count). The highest BCUT2D eigenvalue weighted by atomic mass is 16.5. The van der Waals surface area contributed by atoms with E-state index in [0.717, 1.165) is 28.1 Å². The lowest BCUT2D eigenvalue weighted by Gasteiger charge is -2.21. The van der Waals surface area contributed by atoms with Gasteiger partial charge in [0.1, 0.15) is 29.7 Å². The van der Waals surface area contributed by atoms with Gasteiger partial charge < -0.3 is 23.9 Å². The summed E-state index contributed by atoms with van der Waals surface area (Å²) in [6.45, 7) is 7.38. The fraction of sp³-hybridized carbons (Fsp3) is 0.207. The first kappa shape index (κ1) is 25.5. The number of esters is 1. The number of aromatic nitrogens is 3. The van der Waals surface area contributed by atoms with E-state index in [2.05, 4.69) is 21.5 Å². The van der Waals surface area contributed by atoms with E-state index < -0.39 is 5.41 Å². The van der Waals surface area contributed by atoms with E-state index >= 15 is 0 Å². The van der Waals surface area contributed by atoms with E-state index in [1.54, 1.807) is 33.4 Å². The number of carbonyl (C=O) groups excluding carboxylic acids is 1. The molecule has 190 valence electrons. The van der Waals surface area contributed by atoms with Crippen molar-refractivity contribution in [2.75, 3.05) is 20.8 Å². The minimum absolute atomic E-state index is 0.217. The molecule has 1 N–H and O–H groups in total. The number of hydrogen-bond donors (Lipinski definition) is 1. The zero-order valence-corrected chi connectivity index (χ0v) is 21.3. The number of pyridine rings is 1. The van der Waals surface area contributed by atoms with Gasteiger partial charge in [0.05, 0.1) is 43.5 Å². The van der Waals surface area contributed by atoms with Crippen molar-refractivity contribution in [1.29, 1.82) is 0 Å². The summed E-state index contributed by atoms with van der Waals surface area (Å²) in [7, 11) is 2.99. The van der Waals surface area contributed by atoms with Crippen LogP contribution in [0.4, 0.5) is 0 Å². The van der Waals surface area contributed by atoms with Crippen molar-refractivity contribution in [2.45, 2.75) is 13.8 Å². The Labute approximate surface area is 215 Å². The van der Waals surface area contributed by atoms with Crippen molar-refractivity contribution in [2.24, 2.45) is 5.41 Å². The summed E-state index contributed by atoms with van der Waals surface area (Å²) in [6.07, 6.45) is 4.90. The van der Waals surface area contributed by atoms with Crippen LogP contribution in [0, 0.1) is 5.41 Å². The molecule has 0 aliphatic rings. The first-order valence-corrected chi connectivity index (χ1v) is 11.6. The van der Waals surface area contributed by atoms with E-state index in [1.165, 1.54) is 13.4 Å². The molecular weight excluding hydrogens is 470 g/mol. The van der Waals surface area contributed by atoms with E-state index in [-0.39, 0.29) is 12.6 Å². The van der Waals surface area contributed by atoms with Gasteiger partial charge in [-0.1, -0.05) is 6.58 Å². The first-order valence-electron chi connectivity index (χ1n) is 11.6. The Morgan fingerprint density at radius 1 is 0.973 bits per heavy atom. The largest absolute Gasteiger partial charge is 0.496 e. The van der Waals surface area contributed by atoms with Crippen molar-refractivity contribution >= 4 is 5.97 Å². The minimum Gasteiger partial charge on any atom is -0.496 e. The van der Waals surface area contributed by atoms with Crippen molar-refractivity contribution in [3.63, 3.8) is 0 Å². The van der Waals surface area contributed by atoms with Gasteiger partial charge in [0.2, 0.25) is 0 Å². The lowest BCUT2D eigenvalue weighted by molar-refractivity contribution is -0.152. The van der Waals surface area contributed by atoms with Gasteiger partial charge in [-0.15, -0.1) is 0 Å². The number of aromatic amines is 1. The molecule has 8 heteroatoms. The number of carbonyl (C=O) groups is 1. The van der Waals surface area contributed by atoms with Crippen LogP contribution < -0.4 is 14.2 Å². The van der Waals surface area contributed by atoms with Crippen molar-refractivity contribution in [1.82, 2.24) is 15.0 Å². The Bertz CT molecular complexity index is 1380. The molecule has 0 saturated heterocycles. The number of imidazole rings is 1. The molecule has 4 aromatic rings. The topological polar surface area (TPSA) is 95.6 Å². The summed E-state index contributed by atoms with van der Waals surface area (Å²) >= 11 is 0. The predicted molar refractivity (Wildman–Crippen MR) is 141 cm³/mol. The Hall–Kier alpha value is -4.59. The number of nitrogens with one attached hydrogen (secondary N) is 1. The molecule has 0 bridgehead atoms. The number of hydrogen-bond acceptors (Lipinski definition) is 7. The van der Waals surface area contributed by atoms with Crippen LogP contribution in [0.1, 0.15) is 13.8 Å². The number of methoxy groups -OCH3 is 2. The molecule has 0 radical (unpaired) electrons. The van der Waals surface area contributed by atoms with Gasteiger partial charge in [-0.2, -0.15) is 0 Å². The standard InChI is InChI=1S/C29H29N3O5/c1-6-36-22-12-14-26(34-4)23(15-22)25-17-31-27(32-25)20-9-13-24(30-16-20)19-7-10-21(11-8-19)37-18-29(2,3)28(33)35-5/h6-17H,1,18H2,2-5H3,(H,31,32). The number of H-pyrrole nitrogens is 1. The second-order valence-electron chi connectivity index (χ2n) is 8.91. The van der Waals surface area contributed by atoms with E-state index in [9.17, 15) is 4.79 Å². The van der Waals surface area contributed by atoms with E-state index in [0.29, 0.717) is 23.1 Å². The Morgan fingerprint density at radius 3 is 2.35 bits per heavy atom. The van der Waals surface area contributed by atoms with Crippen LogP contribution in [-0.4, -0.2) is 41.7 Å². The van der Waals surface area contributed by atoms with Crippen LogP contribution in [0.25, 0.3) is 33.9 Å². The van der Waals surface area contributed by atoms with Gasteiger partial charge in [-0.05, 0) is 68.4 Å². The lowest BCUT2D eigenvalue weighted by atomic mass is 9.95. The van der Waals surface area contributed by atoms with Gasteiger partial charge in [-0.25, -0.2) is 4.98 Å². The smallest absolute Gasteiger partial charge is 0.314 e. The maximum atomic E-state index is 11.8. The molecule has 0 unspecified atom stereocenters. The number of ether oxygens (including phenoxy) is 4. The van der Waals surface area contributed by atoms with E-state index in [4.69, 9.17) is 18.9 Å². The van der Waals surface area contributed by atoms with Crippen LogP contribution in [0.15, 0.2) is 79.8 Å². The highest BCUT2D eigenvalue weighted by Crippen LogP contribution is 2.34. The highest BCUT2D eigenvalue weighted by Gasteiger charge is 2.29. The summed E-state index contributed by atoms with van der Waals surface area (Å²) < 4.78 is 21.5. The third-order valence-electron chi connectivity index (χ3n) is 5.78. The van der Waals surface area contributed by atoms with Gasteiger partial charge in [0.15, 0.2) is 0 Å². The van der Waals surface area contributed by atoms with Crippen LogP contribution in [0.2, 0.25) is 0 Å². The molecule has 8 nitrogen and oxygen atoms in total. The van der Waals surface area contributed by atoms with Crippen molar-refractivity contribution in [3.05, 3.63) is 79.8 Å². The molecule has 0 aliphatic carbocycles. The fourth-order valence-electron chi connectivity index (χ4n) is 3.70. The van der Waals surface area contributed by atoms with Gasteiger partial charge >= 0.3 is 5.97 Å². The normalized spacial score (nSPS) is 11.0. The summed E-state index contributed by atoms with van der Waals surface area (Å²) in [5, 5.41) is 0. The third kappa shape index (κ3) is 5.81. The summed E-state index contributed by atoms with van der Waals surface area (Å²) in [5.74, 6) is 2.38. The quantitative estimate of drug-likeness (QED) is 0.214. The average Bonchev–Trinajstić information content (AvgIpc) is 3.42. The Morgan fingerprint density at radius 2 is 1.70 bits per heavy atom. The molecule has 0 fully saturated rings. The average molecular weight is 500 g/mol. The van der Waals surface area contributed by atoms with Gasteiger partial charge in [0, 0.05) is 22.9 Å². The zero-order valence-electron chi connectivity index (χ0n) is 21.3. The van der Waals surface area contributed by atoms with Gasteiger partial charge in [-0.3, -0.25) is 9.78 Å². The molecule has 37 heavy (non-hydrogen) atoms. The summed E-state index contributed by atoms with van der Waals surface area (Å²) in [4.78, 5) is 24.3. The molecule has 0 amide bonds. The van der Waals surface area contributed by atoms with Crippen molar-refractivity contribution < 1.29 is 23.7 Å².